The Hall–Kier alpha value is -2.06. The van der Waals surface area contributed by atoms with Crippen molar-refractivity contribution in [2.45, 2.75) is 31.0 Å². The standard InChI is InChI=1S/C17H21N5O3/c23-22(24)15-5-3-14(4-6-15)21-17(20-7-9-25-10-8-20)13-2-1-12(11-13)16(17)18-19-21/h3-6,12-13,16H,1-2,7-11H2/t12-,13+,16+,17-/m0/s1. The van der Waals surface area contributed by atoms with E-state index in [-0.39, 0.29) is 22.3 Å². The summed E-state index contributed by atoms with van der Waals surface area (Å²) in [4.78, 5) is 13.1. The number of benzene rings is 1. The molecular formula is C17H21N5O3. The van der Waals surface area contributed by atoms with Crippen LogP contribution >= 0.6 is 0 Å². The number of nitro benzene ring substituents is 1. The smallest absolute Gasteiger partial charge is 0.269 e. The van der Waals surface area contributed by atoms with E-state index in [4.69, 9.17) is 4.74 Å². The second-order valence-electron chi connectivity index (χ2n) is 7.39. The molecule has 0 aromatic heterocycles. The molecule has 2 heterocycles. The SMILES string of the molecule is O=[N+]([O-])c1ccc(N2N=N[C@@H]3[C@H]4CC[C@H](C4)[C@@]32N2CCOCC2)cc1. The summed E-state index contributed by atoms with van der Waals surface area (Å²) in [5.41, 5.74) is 0.767. The van der Waals surface area contributed by atoms with Gasteiger partial charge in [-0.3, -0.25) is 15.0 Å². The number of nitro groups is 1. The van der Waals surface area contributed by atoms with E-state index in [1.54, 1.807) is 24.3 Å². The molecule has 0 unspecified atom stereocenters. The van der Waals surface area contributed by atoms with E-state index < -0.39 is 0 Å². The van der Waals surface area contributed by atoms with Crippen molar-refractivity contribution in [1.29, 1.82) is 0 Å². The average molecular weight is 343 g/mol. The van der Waals surface area contributed by atoms with E-state index in [9.17, 15) is 10.1 Å². The first-order valence-electron chi connectivity index (χ1n) is 8.99. The molecule has 1 saturated heterocycles. The number of hydrogen-bond acceptors (Lipinski definition) is 7. The van der Waals surface area contributed by atoms with E-state index in [2.05, 4.69) is 20.2 Å². The minimum atomic E-state index is -0.368. The van der Waals surface area contributed by atoms with Gasteiger partial charge in [0.15, 0.2) is 0 Å². The lowest BCUT2D eigenvalue weighted by molar-refractivity contribution is -0.384. The van der Waals surface area contributed by atoms with Crippen molar-refractivity contribution >= 4 is 11.4 Å². The Balaban J connectivity index is 1.56. The molecule has 4 atom stereocenters. The Morgan fingerprint density at radius 1 is 1.20 bits per heavy atom. The molecule has 1 aromatic carbocycles. The van der Waals surface area contributed by atoms with Gasteiger partial charge in [0.2, 0.25) is 0 Å². The highest BCUT2D eigenvalue weighted by molar-refractivity contribution is 5.54. The zero-order valence-electron chi connectivity index (χ0n) is 14.0. The molecule has 0 N–H and O–H groups in total. The van der Waals surface area contributed by atoms with Crippen LogP contribution in [-0.2, 0) is 4.74 Å². The largest absolute Gasteiger partial charge is 0.379 e. The van der Waals surface area contributed by atoms with Crippen LogP contribution in [-0.4, -0.2) is 47.8 Å². The van der Waals surface area contributed by atoms with Gasteiger partial charge in [0, 0.05) is 31.1 Å². The summed E-state index contributed by atoms with van der Waals surface area (Å²) in [6, 6.07) is 6.90. The highest BCUT2D eigenvalue weighted by Crippen LogP contribution is 2.59. The Morgan fingerprint density at radius 3 is 2.68 bits per heavy atom. The van der Waals surface area contributed by atoms with Crippen LogP contribution in [0.3, 0.4) is 0 Å². The van der Waals surface area contributed by atoms with Gasteiger partial charge in [-0.05, 0) is 37.3 Å². The van der Waals surface area contributed by atoms with E-state index >= 15 is 0 Å². The second-order valence-corrected chi connectivity index (χ2v) is 7.39. The summed E-state index contributed by atoms with van der Waals surface area (Å²) < 4.78 is 5.57. The van der Waals surface area contributed by atoms with Crippen molar-refractivity contribution in [1.82, 2.24) is 4.90 Å². The molecule has 8 nitrogen and oxygen atoms in total. The summed E-state index contributed by atoms with van der Waals surface area (Å²) in [6.07, 6.45) is 3.63. The normalized spacial score (nSPS) is 36.8. The molecule has 0 radical (unpaired) electrons. The molecule has 1 aromatic rings. The highest BCUT2D eigenvalue weighted by Gasteiger charge is 2.67. The number of hydrogen-bond donors (Lipinski definition) is 0. The summed E-state index contributed by atoms with van der Waals surface area (Å²) in [6.45, 7) is 3.24. The fourth-order valence-electron chi connectivity index (χ4n) is 5.41. The average Bonchev–Trinajstić information content (AvgIpc) is 3.34. The van der Waals surface area contributed by atoms with Crippen LogP contribution in [0.15, 0.2) is 34.6 Å². The molecule has 2 saturated carbocycles. The third kappa shape index (κ3) is 2.01. The molecule has 0 spiro atoms. The number of anilines is 1. The minimum absolute atomic E-state index is 0.102. The van der Waals surface area contributed by atoms with Gasteiger partial charge in [-0.2, -0.15) is 5.11 Å². The van der Waals surface area contributed by atoms with Crippen LogP contribution in [0.2, 0.25) is 0 Å². The van der Waals surface area contributed by atoms with Gasteiger partial charge < -0.3 is 4.74 Å². The molecule has 4 aliphatic rings. The molecule has 5 rings (SSSR count). The fraction of sp³-hybridized carbons (Fsp3) is 0.647. The van der Waals surface area contributed by atoms with Gasteiger partial charge in [-0.25, -0.2) is 5.01 Å². The number of ether oxygens (including phenoxy) is 1. The molecule has 2 bridgehead atoms. The van der Waals surface area contributed by atoms with Gasteiger partial charge in [-0.15, -0.1) is 0 Å². The van der Waals surface area contributed by atoms with Crippen molar-refractivity contribution in [3.8, 4) is 0 Å². The molecule has 8 heteroatoms. The van der Waals surface area contributed by atoms with Gasteiger partial charge in [0.25, 0.3) is 5.69 Å². The van der Waals surface area contributed by atoms with Crippen LogP contribution in [0.4, 0.5) is 11.4 Å². The lowest BCUT2D eigenvalue weighted by Gasteiger charge is -2.51. The molecule has 25 heavy (non-hydrogen) atoms. The summed E-state index contributed by atoms with van der Waals surface area (Å²) >= 11 is 0. The summed E-state index contributed by atoms with van der Waals surface area (Å²) in [5.74, 6) is 1.13. The third-order valence-electron chi connectivity index (χ3n) is 6.38. The number of fused-ring (bicyclic) bond motifs is 5. The number of nitrogens with zero attached hydrogens (tertiary/aromatic N) is 5. The first kappa shape index (κ1) is 15.2. The van der Waals surface area contributed by atoms with Crippen molar-refractivity contribution in [3.63, 3.8) is 0 Å². The minimum Gasteiger partial charge on any atom is -0.379 e. The van der Waals surface area contributed by atoms with Crippen molar-refractivity contribution in [3.05, 3.63) is 34.4 Å². The van der Waals surface area contributed by atoms with E-state index in [1.165, 1.54) is 19.3 Å². The van der Waals surface area contributed by atoms with Crippen LogP contribution in [0.1, 0.15) is 19.3 Å². The molecule has 3 fully saturated rings. The zero-order valence-corrected chi connectivity index (χ0v) is 14.0. The zero-order chi connectivity index (χ0) is 17.0. The summed E-state index contributed by atoms with van der Waals surface area (Å²) in [7, 11) is 0. The van der Waals surface area contributed by atoms with Crippen molar-refractivity contribution < 1.29 is 9.66 Å². The molecule has 132 valence electrons. The van der Waals surface area contributed by atoms with Gasteiger partial charge in [-0.1, -0.05) is 5.22 Å². The maximum absolute atomic E-state index is 11.0. The maximum atomic E-state index is 11.0. The molecule has 2 aliphatic heterocycles. The lowest BCUT2D eigenvalue weighted by atomic mass is 9.82. The van der Waals surface area contributed by atoms with E-state index in [1.807, 2.05) is 0 Å². The number of rotatable bonds is 3. The maximum Gasteiger partial charge on any atom is 0.269 e. The van der Waals surface area contributed by atoms with Crippen LogP contribution in [0.25, 0.3) is 0 Å². The highest BCUT2D eigenvalue weighted by atomic mass is 16.6. The summed E-state index contributed by atoms with van der Waals surface area (Å²) in [5, 5.41) is 22.2. The third-order valence-corrected chi connectivity index (χ3v) is 6.38. The molecule has 2 aliphatic carbocycles. The van der Waals surface area contributed by atoms with Crippen molar-refractivity contribution in [2.75, 3.05) is 31.3 Å². The predicted molar refractivity (Wildman–Crippen MR) is 90.2 cm³/mol. The first-order valence-corrected chi connectivity index (χ1v) is 8.99. The molecular weight excluding hydrogens is 322 g/mol. The fourth-order valence-corrected chi connectivity index (χ4v) is 5.41. The second kappa shape index (κ2) is 5.47. The van der Waals surface area contributed by atoms with E-state index in [0.717, 1.165) is 32.0 Å². The monoisotopic (exact) mass is 343 g/mol. The van der Waals surface area contributed by atoms with Crippen LogP contribution in [0.5, 0.6) is 0 Å². The Kier molecular flexibility index (Phi) is 3.33. The topological polar surface area (TPSA) is 83.6 Å². The van der Waals surface area contributed by atoms with Gasteiger partial charge in [0.05, 0.1) is 23.8 Å². The Labute approximate surface area is 145 Å². The molecule has 0 amide bonds. The quantitative estimate of drug-likeness (QED) is 0.622. The van der Waals surface area contributed by atoms with Gasteiger partial charge in [0.1, 0.15) is 11.7 Å². The Morgan fingerprint density at radius 2 is 1.96 bits per heavy atom. The van der Waals surface area contributed by atoms with Gasteiger partial charge >= 0.3 is 0 Å². The van der Waals surface area contributed by atoms with E-state index in [0.29, 0.717) is 11.8 Å². The predicted octanol–water partition coefficient (Wildman–Crippen LogP) is 2.61. The number of morpholine rings is 1. The van der Waals surface area contributed by atoms with Crippen LogP contribution < -0.4 is 5.01 Å². The lowest BCUT2D eigenvalue weighted by Crippen LogP contribution is -2.67. The number of non-ortho nitro benzene ring substituents is 1. The van der Waals surface area contributed by atoms with Crippen LogP contribution in [0, 0.1) is 22.0 Å². The first-order chi connectivity index (χ1) is 12.2. The van der Waals surface area contributed by atoms with Crippen molar-refractivity contribution in [2.24, 2.45) is 22.2 Å². The Bertz CT molecular complexity index is 717.